The summed E-state index contributed by atoms with van der Waals surface area (Å²) in [6, 6.07) is 32.9. The number of ether oxygens (including phenoxy) is 2. The molecule has 2 aliphatic heterocycles. The Hall–Kier alpha value is -4.62. The van der Waals surface area contributed by atoms with Crippen molar-refractivity contribution in [2.45, 2.75) is 24.5 Å². The summed E-state index contributed by atoms with van der Waals surface area (Å²) >= 11 is 0. The summed E-state index contributed by atoms with van der Waals surface area (Å²) in [5.41, 5.74) is 1.40. The first kappa shape index (κ1) is 24.7. The van der Waals surface area contributed by atoms with E-state index in [4.69, 9.17) is 14.3 Å². The molecule has 0 N–H and O–H groups in total. The van der Waals surface area contributed by atoms with Crippen LogP contribution in [0.4, 0.5) is 11.4 Å². The van der Waals surface area contributed by atoms with Crippen LogP contribution in [0.1, 0.15) is 24.1 Å². The molecule has 0 radical (unpaired) electrons. The molecule has 2 heterocycles. The van der Waals surface area contributed by atoms with Gasteiger partial charge in [0.2, 0.25) is 5.91 Å². The van der Waals surface area contributed by atoms with E-state index in [9.17, 15) is 9.59 Å². The summed E-state index contributed by atoms with van der Waals surface area (Å²) in [5, 5.41) is 1.71. The van der Waals surface area contributed by atoms with Gasteiger partial charge in [-0.25, -0.2) is 9.96 Å². The Morgan fingerprint density at radius 3 is 2.00 bits per heavy atom. The summed E-state index contributed by atoms with van der Waals surface area (Å²) in [4.78, 5) is 36.7. The second-order valence-electron chi connectivity index (χ2n) is 9.46. The number of carbonyl (C=O) groups is 2. The van der Waals surface area contributed by atoms with Crippen molar-refractivity contribution in [1.29, 1.82) is 0 Å². The highest BCUT2D eigenvalue weighted by atomic mass is 16.7. The molecule has 0 aromatic heterocycles. The molecule has 0 spiro atoms. The van der Waals surface area contributed by atoms with Gasteiger partial charge < -0.3 is 9.47 Å². The Balaban J connectivity index is 1.56. The first-order chi connectivity index (χ1) is 19.1. The lowest BCUT2D eigenvalue weighted by atomic mass is 9.69. The van der Waals surface area contributed by atoms with E-state index in [1.807, 2.05) is 91.9 Å². The Bertz CT molecular complexity index is 1480. The van der Waals surface area contributed by atoms with Gasteiger partial charge in [0.25, 0.3) is 5.91 Å². The third kappa shape index (κ3) is 3.85. The molecule has 0 bridgehead atoms. The third-order valence-corrected chi connectivity index (χ3v) is 7.40. The zero-order valence-electron chi connectivity index (χ0n) is 21.7. The first-order valence-electron chi connectivity index (χ1n) is 12.9. The van der Waals surface area contributed by atoms with Crippen LogP contribution in [-0.2, 0) is 19.8 Å². The highest BCUT2D eigenvalue weighted by Gasteiger charge is 2.72. The summed E-state index contributed by atoms with van der Waals surface area (Å²) < 4.78 is 11.0. The quantitative estimate of drug-likeness (QED) is 0.301. The number of benzene rings is 4. The lowest BCUT2D eigenvalue weighted by Gasteiger charge is -2.35. The number of methoxy groups -OCH3 is 1. The van der Waals surface area contributed by atoms with E-state index in [2.05, 4.69) is 0 Å². The molecule has 2 amide bonds. The molecular weight excluding hydrogens is 492 g/mol. The van der Waals surface area contributed by atoms with Crippen molar-refractivity contribution in [3.63, 3.8) is 0 Å². The maximum absolute atomic E-state index is 14.8. The zero-order chi connectivity index (χ0) is 27.0. The van der Waals surface area contributed by atoms with Gasteiger partial charge >= 0.3 is 0 Å². The molecular formula is C32H28N2O5. The topological polar surface area (TPSA) is 68.3 Å². The van der Waals surface area contributed by atoms with Crippen LogP contribution in [0.15, 0.2) is 109 Å². The standard InChI is InChI=1S/C32H28N2O5/c1-3-38-27-20-16-24(17-21-27)33-30(35)29-32(31(33)36,23-10-6-4-7-11-23)28(22-14-18-26(37-2)19-15-22)34(39-29)25-12-8-5-9-13-25/h4-21,28-29H,3H2,1-2H3/t28-,29+,32-/m0/s1. The van der Waals surface area contributed by atoms with Crippen LogP contribution >= 0.6 is 0 Å². The summed E-state index contributed by atoms with van der Waals surface area (Å²) in [6.45, 7) is 2.42. The van der Waals surface area contributed by atoms with Crippen LogP contribution in [0, 0.1) is 0 Å². The van der Waals surface area contributed by atoms with E-state index in [0.29, 0.717) is 29.4 Å². The molecule has 4 aromatic rings. The molecule has 7 nitrogen and oxygen atoms in total. The van der Waals surface area contributed by atoms with Crippen molar-refractivity contribution in [3.8, 4) is 11.5 Å². The highest BCUT2D eigenvalue weighted by Crippen LogP contribution is 2.57. The minimum Gasteiger partial charge on any atom is -0.497 e. The predicted molar refractivity (Wildman–Crippen MR) is 148 cm³/mol. The van der Waals surface area contributed by atoms with Gasteiger partial charge in [-0.2, -0.15) is 0 Å². The average molecular weight is 521 g/mol. The maximum Gasteiger partial charge on any atom is 0.267 e. The van der Waals surface area contributed by atoms with Gasteiger partial charge in [0.15, 0.2) is 6.10 Å². The molecule has 39 heavy (non-hydrogen) atoms. The Kier molecular flexibility index (Phi) is 6.29. The van der Waals surface area contributed by atoms with Crippen LogP contribution in [0.3, 0.4) is 0 Å². The molecule has 6 rings (SSSR count). The second kappa shape index (κ2) is 9.93. The largest absolute Gasteiger partial charge is 0.497 e. The molecule has 0 saturated carbocycles. The number of hydrogen-bond donors (Lipinski definition) is 0. The van der Waals surface area contributed by atoms with E-state index in [-0.39, 0.29) is 5.91 Å². The summed E-state index contributed by atoms with van der Waals surface area (Å²) in [5.74, 6) is 0.608. The highest BCUT2D eigenvalue weighted by molar-refractivity contribution is 6.28. The van der Waals surface area contributed by atoms with Gasteiger partial charge in [0, 0.05) is 0 Å². The smallest absolute Gasteiger partial charge is 0.267 e. The molecule has 0 unspecified atom stereocenters. The monoisotopic (exact) mass is 520 g/mol. The van der Waals surface area contributed by atoms with Crippen molar-refractivity contribution < 1.29 is 23.9 Å². The fourth-order valence-electron chi connectivity index (χ4n) is 5.68. The third-order valence-electron chi connectivity index (χ3n) is 7.40. The lowest BCUT2D eigenvalue weighted by Crippen LogP contribution is -2.46. The van der Waals surface area contributed by atoms with Gasteiger partial charge in [-0.1, -0.05) is 60.7 Å². The van der Waals surface area contributed by atoms with E-state index >= 15 is 0 Å². The van der Waals surface area contributed by atoms with E-state index in [0.717, 1.165) is 11.3 Å². The number of carbonyl (C=O) groups excluding carboxylic acids is 2. The van der Waals surface area contributed by atoms with Crippen LogP contribution in [0.5, 0.6) is 11.5 Å². The normalized spacial score (nSPS) is 22.2. The van der Waals surface area contributed by atoms with Crippen molar-refractivity contribution in [2.24, 2.45) is 0 Å². The van der Waals surface area contributed by atoms with Gasteiger partial charge in [0.05, 0.1) is 25.1 Å². The fraction of sp³-hybridized carbons (Fsp3) is 0.188. The van der Waals surface area contributed by atoms with Crippen molar-refractivity contribution in [2.75, 3.05) is 23.7 Å². The zero-order valence-corrected chi connectivity index (χ0v) is 21.7. The van der Waals surface area contributed by atoms with Crippen LogP contribution < -0.4 is 19.4 Å². The number of amides is 2. The fourth-order valence-corrected chi connectivity index (χ4v) is 5.68. The number of anilines is 2. The molecule has 2 fully saturated rings. The molecule has 2 aliphatic rings. The van der Waals surface area contributed by atoms with E-state index < -0.39 is 23.5 Å². The average Bonchev–Trinajstić information content (AvgIpc) is 3.46. The molecule has 7 heteroatoms. The number of para-hydroxylation sites is 1. The number of hydrogen-bond acceptors (Lipinski definition) is 6. The molecule has 2 saturated heterocycles. The molecule has 4 aromatic carbocycles. The van der Waals surface area contributed by atoms with Gasteiger partial charge in [0.1, 0.15) is 23.0 Å². The minimum atomic E-state index is -1.35. The van der Waals surface area contributed by atoms with Crippen molar-refractivity contribution >= 4 is 23.2 Å². The number of hydroxylamine groups is 1. The summed E-state index contributed by atoms with van der Waals surface area (Å²) in [6.07, 6.45) is -1.08. The van der Waals surface area contributed by atoms with Crippen LogP contribution in [0.25, 0.3) is 0 Å². The molecule has 3 atom stereocenters. The van der Waals surface area contributed by atoms with Crippen LogP contribution in [0.2, 0.25) is 0 Å². The van der Waals surface area contributed by atoms with Gasteiger partial charge in [-0.05, 0) is 66.6 Å². The maximum atomic E-state index is 14.8. The van der Waals surface area contributed by atoms with E-state index in [1.165, 1.54) is 4.90 Å². The Labute approximate surface area is 227 Å². The van der Waals surface area contributed by atoms with Crippen molar-refractivity contribution in [3.05, 3.63) is 120 Å². The molecule has 196 valence electrons. The first-order valence-corrected chi connectivity index (χ1v) is 12.9. The van der Waals surface area contributed by atoms with Crippen molar-refractivity contribution in [1.82, 2.24) is 0 Å². The van der Waals surface area contributed by atoms with E-state index in [1.54, 1.807) is 36.4 Å². The second-order valence-corrected chi connectivity index (χ2v) is 9.46. The Morgan fingerprint density at radius 1 is 0.769 bits per heavy atom. The van der Waals surface area contributed by atoms with Crippen LogP contribution in [-0.4, -0.2) is 31.6 Å². The number of rotatable bonds is 7. The molecule has 0 aliphatic carbocycles. The van der Waals surface area contributed by atoms with Gasteiger partial charge in [-0.15, -0.1) is 0 Å². The number of fused-ring (bicyclic) bond motifs is 1. The lowest BCUT2D eigenvalue weighted by molar-refractivity contribution is -0.126. The SMILES string of the molecule is CCOc1ccc(N2C(=O)[C@H]3ON(c4ccccc4)[C@@H](c4ccc(OC)cc4)[C@]3(c3ccccc3)C2=O)cc1. The number of imide groups is 1. The Morgan fingerprint density at radius 2 is 1.38 bits per heavy atom. The minimum absolute atomic E-state index is 0.341. The number of nitrogens with zero attached hydrogens (tertiary/aromatic N) is 2. The van der Waals surface area contributed by atoms with Gasteiger partial charge in [-0.3, -0.25) is 14.4 Å². The summed E-state index contributed by atoms with van der Waals surface area (Å²) in [7, 11) is 1.61. The predicted octanol–water partition coefficient (Wildman–Crippen LogP) is 5.47.